The Labute approximate surface area is 135 Å². The van der Waals surface area contributed by atoms with E-state index < -0.39 is 0 Å². The Balaban J connectivity index is 1.61. The molecule has 1 N–H and O–H groups in total. The van der Waals surface area contributed by atoms with Crippen molar-refractivity contribution in [2.24, 2.45) is 5.92 Å². The lowest BCUT2D eigenvalue weighted by Crippen LogP contribution is -2.44. The molecule has 0 aromatic rings. The van der Waals surface area contributed by atoms with Gasteiger partial charge in [-0.05, 0) is 71.2 Å². The molecule has 2 heterocycles. The Morgan fingerprint density at radius 1 is 1.14 bits per heavy atom. The van der Waals surface area contributed by atoms with Crippen LogP contribution in [0.3, 0.4) is 0 Å². The van der Waals surface area contributed by atoms with Crippen LogP contribution >= 0.6 is 0 Å². The molecule has 2 saturated heterocycles. The quantitative estimate of drug-likeness (QED) is 0.796. The lowest BCUT2D eigenvalue weighted by molar-refractivity contribution is -0.135. The van der Waals surface area contributed by atoms with Gasteiger partial charge in [0, 0.05) is 19.1 Å². The molecule has 0 aliphatic carbocycles. The fraction of sp³-hybridized carbons (Fsp3) is 0.941. The van der Waals surface area contributed by atoms with E-state index in [2.05, 4.69) is 23.8 Å². The average molecular weight is 311 g/mol. The van der Waals surface area contributed by atoms with Crippen LogP contribution in [0.2, 0.25) is 0 Å². The lowest BCUT2D eigenvalue weighted by Gasteiger charge is -2.37. The number of carbonyl (C=O) groups is 1. The third-order valence-electron chi connectivity index (χ3n) is 5.64. The molecule has 0 bridgehead atoms. The fourth-order valence-electron chi connectivity index (χ4n) is 3.78. The molecule has 0 saturated carbocycles. The van der Waals surface area contributed by atoms with Crippen LogP contribution in [0.25, 0.3) is 0 Å². The highest BCUT2D eigenvalue weighted by atomic mass is 16.3. The van der Waals surface area contributed by atoms with Crippen LogP contribution in [0.15, 0.2) is 0 Å². The Hall–Kier alpha value is -0.650. The van der Waals surface area contributed by atoms with E-state index in [4.69, 9.17) is 5.11 Å². The van der Waals surface area contributed by atoms with Crippen LogP contribution in [-0.2, 0) is 4.79 Å². The van der Waals surface area contributed by atoms with Crippen LogP contribution < -0.4 is 0 Å². The first kappa shape index (κ1) is 17.7. The van der Waals surface area contributed by atoms with E-state index in [9.17, 15) is 4.79 Å². The number of likely N-dealkylation sites (tertiary alicyclic amines) is 2. The molecule has 5 heteroatoms. The van der Waals surface area contributed by atoms with Gasteiger partial charge in [0.2, 0.25) is 5.91 Å². The zero-order valence-corrected chi connectivity index (χ0v) is 14.3. The van der Waals surface area contributed by atoms with Crippen molar-refractivity contribution in [1.29, 1.82) is 0 Å². The number of aliphatic hydroxyl groups is 1. The van der Waals surface area contributed by atoms with Crippen molar-refractivity contribution in [1.82, 2.24) is 14.7 Å². The number of hydrogen-bond donors (Lipinski definition) is 1. The van der Waals surface area contributed by atoms with Crippen LogP contribution in [0.5, 0.6) is 0 Å². The molecule has 22 heavy (non-hydrogen) atoms. The molecule has 2 rings (SSSR count). The molecule has 0 aromatic heterocycles. The molecular formula is C17H33N3O2. The SMILES string of the molecule is CCN(C)C1CCN(CCC2CCN(C(=O)CO)CC2)CC1. The summed E-state index contributed by atoms with van der Waals surface area (Å²) >= 11 is 0. The molecule has 0 atom stereocenters. The molecular weight excluding hydrogens is 278 g/mol. The largest absolute Gasteiger partial charge is 0.387 e. The first-order valence-corrected chi connectivity index (χ1v) is 8.95. The number of piperidine rings is 2. The van der Waals surface area contributed by atoms with Crippen molar-refractivity contribution >= 4 is 5.91 Å². The minimum Gasteiger partial charge on any atom is -0.387 e. The fourth-order valence-corrected chi connectivity index (χ4v) is 3.78. The van der Waals surface area contributed by atoms with Gasteiger partial charge in [-0.3, -0.25) is 4.79 Å². The monoisotopic (exact) mass is 311 g/mol. The summed E-state index contributed by atoms with van der Waals surface area (Å²) in [5.74, 6) is 0.638. The number of hydrogen-bond acceptors (Lipinski definition) is 4. The predicted octanol–water partition coefficient (Wildman–Crippen LogP) is 1.02. The van der Waals surface area contributed by atoms with Gasteiger partial charge in [0.05, 0.1) is 0 Å². The van der Waals surface area contributed by atoms with Gasteiger partial charge in [0.15, 0.2) is 0 Å². The van der Waals surface area contributed by atoms with Gasteiger partial charge in [0.25, 0.3) is 0 Å². The van der Waals surface area contributed by atoms with E-state index >= 15 is 0 Å². The molecule has 1 amide bonds. The lowest BCUT2D eigenvalue weighted by atomic mass is 9.92. The standard InChI is InChI=1S/C17H33N3O2/c1-3-18(2)16-7-10-19(11-8-16)9-4-15-5-12-20(13-6-15)17(22)14-21/h15-16,21H,3-14H2,1-2H3. The van der Waals surface area contributed by atoms with E-state index in [1.807, 2.05) is 4.90 Å². The first-order valence-electron chi connectivity index (χ1n) is 8.95. The Bertz CT molecular complexity index is 335. The maximum Gasteiger partial charge on any atom is 0.248 e. The van der Waals surface area contributed by atoms with Crippen LogP contribution in [-0.4, -0.2) is 84.7 Å². The topological polar surface area (TPSA) is 47.0 Å². The molecule has 0 unspecified atom stereocenters. The highest BCUT2D eigenvalue weighted by Gasteiger charge is 2.24. The molecule has 0 radical (unpaired) electrons. The van der Waals surface area contributed by atoms with Gasteiger partial charge in [-0.2, -0.15) is 0 Å². The van der Waals surface area contributed by atoms with Gasteiger partial charge in [0.1, 0.15) is 6.61 Å². The number of aliphatic hydroxyl groups excluding tert-OH is 1. The van der Waals surface area contributed by atoms with E-state index in [0.717, 1.165) is 44.4 Å². The maximum atomic E-state index is 11.5. The van der Waals surface area contributed by atoms with Crippen molar-refractivity contribution in [2.45, 2.75) is 45.1 Å². The number of rotatable bonds is 6. The Kier molecular flexibility index (Phi) is 7.12. The average Bonchev–Trinajstić information content (AvgIpc) is 2.59. The zero-order valence-electron chi connectivity index (χ0n) is 14.3. The van der Waals surface area contributed by atoms with Crippen LogP contribution in [0.4, 0.5) is 0 Å². The summed E-state index contributed by atoms with van der Waals surface area (Å²) < 4.78 is 0. The van der Waals surface area contributed by atoms with Gasteiger partial charge < -0.3 is 19.8 Å². The molecule has 2 aliphatic heterocycles. The van der Waals surface area contributed by atoms with Crippen molar-refractivity contribution < 1.29 is 9.90 Å². The highest BCUT2D eigenvalue weighted by molar-refractivity contribution is 5.77. The molecule has 5 nitrogen and oxygen atoms in total. The van der Waals surface area contributed by atoms with E-state index in [1.54, 1.807) is 0 Å². The highest BCUT2D eigenvalue weighted by Crippen LogP contribution is 2.22. The summed E-state index contributed by atoms with van der Waals surface area (Å²) in [6.07, 6.45) is 6.05. The van der Waals surface area contributed by atoms with Crippen molar-refractivity contribution in [3.63, 3.8) is 0 Å². The summed E-state index contributed by atoms with van der Waals surface area (Å²) in [4.78, 5) is 18.4. The zero-order chi connectivity index (χ0) is 15.9. The number of amides is 1. The maximum absolute atomic E-state index is 11.5. The summed E-state index contributed by atoms with van der Waals surface area (Å²) in [6, 6.07) is 0.772. The van der Waals surface area contributed by atoms with Gasteiger partial charge in [-0.1, -0.05) is 6.92 Å². The van der Waals surface area contributed by atoms with Crippen molar-refractivity contribution in [3.05, 3.63) is 0 Å². The normalized spacial score (nSPS) is 22.5. The molecule has 2 fully saturated rings. The second-order valence-corrected chi connectivity index (χ2v) is 6.92. The van der Waals surface area contributed by atoms with Crippen molar-refractivity contribution in [2.75, 3.05) is 52.9 Å². The molecule has 2 aliphatic rings. The molecule has 128 valence electrons. The number of nitrogens with zero attached hydrogens (tertiary/aromatic N) is 3. The second kappa shape index (κ2) is 8.85. The molecule has 0 aromatic carbocycles. The van der Waals surface area contributed by atoms with E-state index in [-0.39, 0.29) is 12.5 Å². The Morgan fingerprint density at radius 2 is 1.77 bits per heavy atom. The second-order valence-electron chi connectivity index (χ2n) is 6.92. The summed E-state index contributed by atoms with van der Waals surface area (Å²) in [5.41, 5.74) is 0. The van der Waals surface area contributed by atoms with E-state index in [0.29, 0.717) is 0 Å². The van der Waals surface area contributed by atoms with Gasteiger partial charge in [-0.15, -0.1) is 0 Å². The van der Waals surface area contributed by atoms with E-state index in [1.165, 1.54) is 38.9 Å². The summed E-state index contributed by atoms with van der Waals surface area (Å²) in [5, 5.41) is 8.90. The van der Waals surface area contributed by atoms with Crippen LogP contribution in [0.1, 0.15) is 39.0 Å². The molecule has 0 spiro atoms. The summed E-state index contributed by atoms with van der Waals surface area (Å²) in [6.45, 7) is 8.37. The predicted molar refractivity (Wildman–Crippen MR) is 88.8 cm³/mol. The number of carbonyl (C=O) groups excluding carboxylic acids is 1. The van der Waals surface area contributed by atoms with Gasteiger partial charge >= 0.3 is 0 Å². The Morgan fingerprint density at radius 3 is 2.32 bits per heavy atom. The third kappa shape index (κ3) is 4.93. The minimum atomic E-state index is -0.341. The smallest absolute Gasteiger partial charge is 0.248 e. The first-order chi connectivity index (χ1) is 10.6. The third-order valence-corrected chi connectivity index (χ3v) is 5.64. The van der Waals surface area contributed by atoms with Gasteiger partial charge in [-0.25, -0.2) is 0 Å². The summed E-state index contributed by atoms with van der Waals surface area (Å²) in [7, 11) is 2.24. The minimum absolute atomic E-state index is 0.111. The van der Waals surface area contributed by atoms with Crippen molar-refractivity contribution in [3.8, 4) is 0 Å². The van der Waals surface area contributed by atoms with Crippen LogP contribution in [0, 0.1) is 5.92 Å².